The van der Waals surface area contributed by atoms with Gasteiger partial charge in [0.15, 0.2) is 0 Å². The Labute approximate surface area is 118 Å². The first kappa shape index (κ1) is 15.3. The molecule has 1 amide bonds. The minimum absolute atomic E-state index is 0.0923. The van der Waals surface area contributed by atoms with Gasteiger partial charge in [0.1, 0.15) is 0 Å². The predicted octanol–water partition coefficient (Wildman–Crippen LogP) is 3.49. The van der Waals surface area contributed by atoms with Crippen molar-refractivity contribution in [3.8, 4) is 0 Å². The molecular formula is C13H18Cl2N2O. The number of benzene rings is 1. The quantitative estimate of drug-likeness (QED) is 0.871. The number of rotatable bonds is 5. The van der Waals surface area contributed by atoms with E-state index in [1.54, 1.807) is 6.07 Å². The molecule has 0 aliphatic carbocycles. The van der Waals surface area contributed by atoms with Crippen molar-refractivity contribution in [1.29, 1.82) is 0 Å². The van der Waals surface area contributed by atoms with Crippen molar-refractivity contribution in [3.63, 3.8) is 0 Å². The number of anilines is 1. The van der Waals surface area contributed by atoms with Crippen LogP contribution in [0.4, 0.5) is 5.69 Å². The van der Waals surface area contributed by atoms with Gasteiger partial charge in [0, 0.05) is 12.5 Å². The zero-order valence-electron chi connectivity index (χ0n) is 10.8. The van der Waals surface area contributed by atoms with Crippen molar-refractivity contribution in [3.05, 3.63) is 27.7 Å². The third-order valence-electron chi connectivity index (χ3n) is 2.68. The Bertz CT molecular complexity index is 435. The average Bonchev–Trinajstić information content (AvgIpc) is 2.36. The Kier molecular flexibility index (Phi) is 5.93. The topological polar surface area (TPSA) is 41.1 Å². The molecule has 0 aromatic heterocycles. The average molecular weight is 289 g/mol. The van der Waals surface area contributed by atoms with Crippen LogP contribution in [0, 0.1) is 12.8 Å². The standard InChI is InChI=1S/C13H18Cl2N2O/c1-4-16-7-9(3)13(18)17-12-10(14)6-5-8(2)11(12)15/h5-6,9,16H,4,7H2,1-3H3,(H,17,18). The summed E-state index contributed by atoms with van der Waals surface area (Å²) in [6.07, 6.45) is 0. The van der Waals surface area contributed by atoms with Gasteiger partial charge in [-0.25, -0.2) is 0 Å². The molecule has 0 saturated carbocycles. The van der Waals surface area contributed by atoms with E-state index < -0.39 is 0 Å². The molecule has 0 bridgehead atoms. The fraction of sp³-hybridized carbons (Fsp3) is 0.462. The number of carbonyl (C=O) groups is 1. The minimum atomic E-state index is -0.141. The van der Waals surface area contributed by atoms with Gasteiger partial charge in [-0.15, -0.1) is 0 Å². The van der Waals surface area contributed by atoms with Gasteiger partial charge in [0.05, 0.1) is 15.7 Å². The van der Waals surface area contributed by atoms with Crippen LogP contribution < -0.4 is 10.6 Å². The Hall–Kier alpha value is -0.770. The summed E-state index contributed by atoms with van der Waals surface area (Å²) in [6.45, 7) is 7.19. The van der Waals surface area contributed by atoms with Crippen LogP contribution >= 0.6 is 23.2 Å². The van der Waals surface area contributed by atoms with Crippen LogP contribution in [0.1, 0.15) is 19.4 Å². The van der Waals surface area contributed by atoms with Gasteiger partial charge in [0.2, 0.25) is 5.91 Å². The van der Waals surface area contributed by atoms with E-state index in [0.29, 0.717) is 22.3 Å². The molecule has 1 rings (SSSR count). The van der Waals surface area contributed by atoms with E-state index in [0.717, 1.165) is 12.1 Å². The van der Waals surface area contributed by atoms with Crippen molar-refractivity contribution in [2.24, 2.45) is 5.92 Å². The maximum Gasteiger partial charge on any atom is 0.228 e. The van der Waals surface area contributed by atoms with E-state index in [2.05, 4.69) is 10.6 Å². The summed E-state index contributed by atoms with van der Waals surface area (Å²) in [5.41, 5.74) is 1.38. The summed E-state index contributed by atoms with van der Waals surface area (Å²) >= 11 is 12.2. The molecule has 5 heteroatoms. The second-order valence-electron chi connectivity index (χ2n) is 4.25. The zero-order valence-corrected chi connectivity index (χ0v) is 12.3. The number of hydrogen-bond donors (Lipinski definition) is 2. The highest BCUT2D eigenvalue weighted by Gasteiger charge is 2.16. The van der Waals surface area contributed by atoms with Gasteiger partial charge < -0.3 is 10.6 Å². The molecule has 100 valence electrons. The fourth-order valence-electron chi connectivity index (χ4n) is 1.47. The highest BCUT2D eigenvalue weighted by atomic mass is 35.5. The molecule has 3 nitrogen and oxygen atoms in total. The lowest BCUT2D eigenvalue weighted by Crippen LogP contribution is -2.30. The maximum absolute atomic E-state index is 12.0. The summed E-state index contributed by atoms with van der Waals surface area (Å²) in [6, 6.07) is 3.55. The van der Waals surface area contributed by atoms with E-state index in [4.69, 9.17) is 23.2 Å². The van der Waals surface area contributed by atoms with Crippen LogP contribution in [0.15, 0.2) is 12.1 Å². The lowest BCUT2D eigenvalue weighted by Gasteiger charge is -2.15. The zero-order chi connectivity index (χ0) is 13.7. The van der Waals surface area contributed by atoms with Gasteiger partial charge in [-0.2, -0.15) is 0 Å². The fourth-order valence-corrected chi connectivity index (χ4v) is 1.94. The first-order valence-corrected chi connectivity index (χ1v) is 6.69. The number of amides is 1. The molecule has 1 aromatic carbocycles. The molecule has 18 heavy (non-hydrogen) atoms. The number of aryl methyl sites for hydroxylation is 1. The Morgan fingerprint density at radius 2 is 2.06 bits per heavy atom. The van der Waals surface area contributed by atoms with Crippen molar-refractivity contribution >= 4 is 34.8 Å². The first-order valence-electron chi connectivity index (χ1n) is 5.93. The van der Waals surface area contributed by atoms with Gasteiger partial charge in [-0.3, -0.25) is 4.79 Å². The van der Waals surface area contributed by atoms with Gasteiger partial charge in [-0.05, 0) is 25.1 Å². The summed E-state index contributed by atoms with van der Waals surface area (Å²) in [5.74, 6) is -0.233. The first-order chi connectivity index (χ1) is 8.47. The highest BCUT2D eigenvalue weighted by molar-refractivity contribution is 6.40. The summed E-state index contributed by atoms with van der Waals surface area (Å²) < 4.78 is 0. The van der Waals surface area contributed by atoms with Crippen LogP contribution in [0.2, 0.25) is 10.0 Å². The highest BCUT2D eigenvalue weighted by Crippen LogP contribution is 2.33. The third-order valence-corrected chi connectivity index (χ3v) is 3.48. The summed E-state index contributed by atoms with van der Waals surface area (Å²) in [4.78, 5) is 12.0. The van der Waals surface area contributed by atoms with Crippen LogP contribution in [0.5, 0.6) is 0 Å². The molecule has 0 heterocycles. The van der Waals surface area contributed by atoms with Gasteiger partial charge in [0.25, 0.3) is 0 Å². The van der Waals surface area contributed by atoms with Gasteiger partial charge in [-0.1, -0.05) is 43.1 Å². The molecule has 2 N–H and O–H groups in total. The van der Waals surface area contributed by atoms with E-state index >= 15 is 0 Å². The van der Waals surface area contributed by atoms with E-state index in [9.17, 15) is 4.79 Å². The maximum atomic E-state index is 12.0. The van der Waals surface area contributed by atoms with Crippen LogP contribution in [0.25, 0.3) is 0 Å². The second kappa shape index (κ2) is 6.98. The van der Waals surface area contributed by atoms with E-state index in [1.165, 1.54) is 0 Å². The molecule has 1 unspecified atom stereocenters. The lowest BCUT2D eigenvalue weighted by molar-refractivity contribution is -0.119. The lowest BCUT2D eigenvalue weighted by atomic mass is 10.1. The molecule has 1 atom stereocenters. The minimum Gasteiger partial charge on any atom is -0.323 e. The molecule has 0 radical (unpaired) electrons. The van der Waals surface area contributed by atoms with Gasteiger partial charge >= 0.3 is 0 Å². The Balaban J connectivity index is 2.79. The van der Waals surface area contributed by atoms with Crippen molar-refractivity contribution in [2.45, 2.75) is 20.8 Å². The van der Waals surface area contributed by atoms with Crippen LogP contribution in [-0.2, 0) is 4.79 Å². The SMILES string of the molecule is CCNCC(C)C(=O)Nc1c(Cl)ccc(C)c1Cl. The number of carbonyl (C=O) groups excluding carboxylic acids is 1. The molecule has 0 aliphatic heterocycles. The molecule has 0 saturated heterocycles. The van der Waals surface area contributed by atoms with Crippen molar-refractivity contribution < 1.29 is 4.79 Å². The van der Waals surface area contributed by atoms with Crippen LogP contribution in [-0.4, -0.2) is 19.0 Å². The number of nitrogens with one attached hydrogen (secondary N) is 2. The van der Waals surface area contributed by atoms with Crippen LogP contribution in [0.3, 0.4) is 0 Å². The normalized spacial score (nSPS) is 12.3. The van der Waals surface area contributed by atoms with Crippen molar-refractivity contribution in [2.75, 3.05) is 18.4 Å². The smallest absolute Gasteiger partial charge is 0.228 e. The van der Waals surface area contributed by atoms with Crippen molar-refractivity contribution in [1.82, 2.24) is 5.32 Å². The Morgan fingerprint density at radius 3 is 2.67 bits per heavy atom. The third kappa shape index (κ3) is 3.87. The number of hydrogen-bond acceptors (Lipinski definition) is 2. The number of halogens is 2. The Morgan fingerprint density at radius 1 is 1.39 bits per heavy atom. The second-order valence-corrected chi connectivity index (χ2v) is 5.04. The summed E-state index contributed by atoms with van der Waals surface area (Å²) in [7, 11) is 0. The largest absolute Gasteiger partial charge is 0.323 e. The molecule has 1 aromatic rings. The molecular weight excluding hydrogens is 271 g/mol. The van der Waals surface area contributed by atoms with E-state index in [-0.39, 0.29) is 11.8 Å². The molecule has 0 spiro atoms. The molecule has 0 aliphatic rings. The monoisotopic (exact) mass is 288 g/mol. The molecule has 0 fully saturated rings. The predicted molar refractivity (Wildman–Crippen MR) is 77.5 cm³/mol. The summed E-state index contributed by atoms with van der Waals surface area (Å²) in [5, 5.41) is 6.86. The van der Waals surface area contributed by atoms with E-state index in [1.807, 2.05) is 26.8 Å².